The molecule has 0 saturated heterocycles. The summed E-state index contributed by atoms with van der Waals surface area (Å²) in [4.78, 5) is 0. The second-order valence-corrected chi connectivity index (χ2v) is 7.34. The zero-order valence-corrected chi connectivity index (χ0v) is 11.2. The van der Waals surface area contributed by atoms with Gasteiger partial charge in [-0.15, -0.1) is 0 Å². The van der Waals surface area contributed by atoms with Crippen molar-refractivity contribution in [2.24, 2.45) is 17.3 Å². The minimum atomic E-state index is 0.144. The van der Waals surface area contributed by atoms with Crippen molar-refractivity contribution >= 4 is 12.6 Å². The van der Waals surface area contributed by atoms with Crippen molar-refractivity contribution in [1.82, 2.24) is 0 Å². The van der Waals surface area contributed by atoms with Crippen LogP contribution in [0.5, 0.6) is 0 Å². The lowest BCUT2D eigenvalue weighted by Gasteiger charge is -2.35. The summed E-state index contributed by atoms with van der Waals surface area (Å²) >= 11 is 4.64. The first-order chi connectivity index (χ1) is 5.54. The fourth-order valence-corrected chi connectivity index (χ4v) is 2.09. The van der Waals surface area contributed by atoms with Crippen LogP contribution in [-0.2, 0) is 0 Å². The first-order valence-electron chi connectivity index (χ1n) is 5.26. The minimum Gasteiger partial charge on any atom is -0.173 e. The van der Waals surface area contributed by atoms with Gasteiger partial charge >= 0.3 is 0 Å². The van der Waals surface area contributed by atoms with E-state index >= 15 is 0 Å². The van der Waals surface area contributed by atoms with Crippen molar-refractivity contribution in [3.8, 4) is 0 Å². The largest absolute Gasteiger partial charge is 0.173 e. The number of hydrogen-bond acceptors (Lipinski definition) is 1. The Balaban J connectivity index is 4.20. The molecule has 0 spiro atoms. The van der Waals surface area contributed by atoms with Gasteiger partial charge in [0.2, 0.25) is 0 Å². The third kappa shape index (κ3) is 5.61. The highest BCUT2D eigenvalue weighted by Gasteiger charge is 2.28. The Morgan fingerprint density at radius 2 is 1.38 bits per heavy atom. The molecule has 0 aromatic heterocycles. The zero-order chi connectivity index (χ0) is 10.9. The molecule has 0 aromatic carbocycles. The van der Waals surface area contributed by atoms with Gasteiger partial charge in [-0.3, -0.25) is 0 Å². The first kappa shape index (κ1) is 13.4. The molecule has 2 atom stereocenters. The van der Waals surface area contributed by atoms with Gasteiger partial charge in [0, 0.05) is 4.75 Å². The van der Waals surface area contributed by atoms with E-state index in [0.29, 0.717) is 11.3 Å². The highest BCUT2D eigenvalue weighted by molar-refractivity contribution is 7.81. The maximum Gasteiger partial charge on any atom is 0.0101 e. The molecule has 0 N–H and O–H groups in total. The lowest BCUT2D eigenvalue weighted by Crippen LogP contribution is -2.30. The molecular weight excluding hydrogens is 176 g/mol. The van der Waals surface area contributed by atoms with E-state index in [1.807, 2.05) is 0 Å². The van der Waals surface area contributed by atoms with E-state index in [1.165, 1.54) is 6.42 Å². The van der Waals surface area contributed by atoms with E-state index in [1.54, 1.807) is 0 Å². The van der Waals surface area contributed by atoms with Crippen molar-refractivity contribution in [3.05, 3.63) is 0 Å². The average molecular weight is 202 g/mol. The summed E-state index contributed by atoms with van der Waals surface area (Å²) in [6, 6.07) is 0. The SMILES string of the molecule is CC(CC(C)(C)C)C(C)C(C)(C)S. The molecule has 0 heterocycles. The molecule has 0 aliphatic carbocycles. The van der Waals surface area contributed by atoms with E-state index in [9.17, 15) is 0 Å². The molecule has 0 aromatic rings. The van der Waals surface area contributed by atoms with Crippen LogP contribution in [0.4, 0.5) is 0 Å². The quantitative estimate of drug-likeness (QED) is 0.644. The summed E-state index contributed by atoms with van der Waals surface area (Å²) < 4.78 is 0.144. The normalized spacial score (nSPS) is 18.5. The van der Waals surface area contributed by atoms with Crippen molar-refractivity contribution in [3.63, 3.8) is 0 Å². The highest BCUT2D eigenvalue weighted by atomic mass is 32.1. The average Bonchev–Trinajstić information content (AvgIpc) is 1.79. The maximum absolute atomic E-state index is 4.64. The zero-order valence-electron chi connectivity index (χ0n) is 10.3. The van der Waals surface area contributed by atoms with E-state index in [4.69, 9.17) is 0 Å². The van der Waals surface area contributed by atoms with Gasteiger partial charge in [0.05, 0.1) is 0 Å². The second kappa shape index (κ2) is 4.25. The van der Waals surface area contributed by atoms with Gasteiger partial charge in [0.15, 0.2) is 0 Å². The summed E-state index contributed by atoms with van der Waals surface area (Å²) in [7, 11) is 0. The Morgan fingerprint density at radius 1 is 1.00 bits per heavy atom. The van der Waals surface area contributed by atoms with Crippen LogP contribution in [0, 0.1) is 17.3 Å². The van der Waals surface area contributed by atoms with Crippen LogP contribution >= 0.6 is 12.6 Å². The fourth-order valence-electron chi connectivity index (χ4n) is 1.84. The molecule has 13 heavy (non-hydrogen) atoms. The van der Waals surface area contributed by atoms with Crippen molar-refractivity contribution in [2.45, 2.75) is 59.6 Å². The van der Waals surface area contributed by atoms with Crippen LogP contribution in [-0.4, -0.2) is 4.75 Å². The number of thiol groups is 1. The van der Waals surface area contributed by atoms with Gasteiger partial charge in [-0.05, 0) is 23.7 Å². The monoisotopic (exact) mass is 202 g/mol. The Labute approximate surface area is 89.9 Å². The Morgan fingerprint density at radius 3 is 1.62 bits per heavy atom. The summed E-state index contributed by atoms with van der Waals surface area (Å²) in [5.74, 6) is 1.41. The van der Waals surface area contributed by atoms with Crippen LogP contribution in [0.3, 0.4) is 0 Å². The molecule has 0 aliphatic rings. The molecule has 0 bridgehead atoms. The first-order valence-corrected chi connectivity index (χ1v) is 5.71. The molecule has 0 amide bonds. The lowest BCUT2D eigenvalue weighted by atomic mass is 9.76. The van der Waals surface area contributed by atoms with Crippen LogP contribution in [0.2, 0.25) is 0 Å². The Hall–Kier alpha value is 0.350. The minimum absolute atomic E-state index is 0.144. The third-order valence-corrected chi connectivity index (χ3v) is 3.31. The predicted molar refractivity (Wildman–Crippen MR) is 65.5 cm³/mol. The van der Waals surface area contributed by atoms with E-state index in [-0.39, 0.29) is 4.75 Å². The molecule has 0 nitrogen and oxygen atoms in total. The van der Waals surface area contributed by atoms with Gasteiger partial charge in [0.1, 0.15) is 0 Å². The number of rotatable bonds is 3. The van der Waals surface area contributed by atoms with E-state index < -0.39 is 0 Å². The molecule has 80 valence electrons. The van der Waals surface area contributed by atoms with Gasteiger partial charge in [-0.1, -0.05) is 48.5 Å². The predicted octanol–water partition coefficient (Wildman–Crippen LogP) is 4.40. The number of hydrogen-bond donors (Lipinski definition) is 1. The molecule has 1 heteroatoms. The van der Waals surface area contributed by atoms with Crippen LogP contribution in [0.15, 0.2) is 0 Å². The van der Waals surface area contributed by atoms with Crippen molar-refractivity contribution in [1.29, 1.82) is 0 Å². The lowest BCUT2D eigenvalue weighted by molar-refractivity contribution is 0.225. The summed E-state index contributed by atoms with van der Waals surface area (Å²) in [6.45, 7) is 16.0. The van der Waals surface area contributed by atoms with Crippen molar-refractivity contribution in [2.75, 3.05) is 0 Å². The van der Waals surface area contributed by atoms with E-state index in [2.05, 4.69) is 61.1 Å². The fraction of sp³-hybridized carbons (Fsp3) is 1.00. The molecule has 0 fully saturated rings. The summed E-state index contributed by atoms with van der Waals surface area (Å²) in [6.07, 6.45) is 1.28. The summed E-state index contributed by atoms with van der Waals surface area (Å²) in [5, 5.41) is 0. The van der Waals surface area contributed by atoms with Gasteiger partial charge in [-0.25, -0.2) is 0 Å². The molecular formula is C12H26S. The van der Waals surface area contributed by atoms with Crippen LogP contribution in [0.1, 0.15) is 54.9 Å². The Kier molecular flexibility index (Phi) is 4.36. The topological polar surface area (TPSA) is 0 Å². The van der Waals surface area contributed by atoms with Crippen molar-refractivity contribution < 1.29 is 0 Å². The highest BCUT2D eigenvalue weighted by Crippen LogP contribution is 2.36. The van der Waals surface area contributed by atoms with E-state index in [0.717, 1.165) is 5.92 Å². The molecule has 0 rings (SSSR count). The Bertz CT molecular complexity index is 147. The summed E-state index contributed by atoms with van der Waals surface area (Å²) in [5.41, 5.74) is 0.437. The smallest absolute Gasteiger partial charge is 0.0101 e. The molecule has 0 saturated carbocycles. The van der Waals surface area contributed by atoms with Gasteiger partial charge in [-0.2, -0.15) is 12.6 Å². The van der Waals surface area contributed by atoms with Gasteiger partial charge in [0.25, 0.3) is 0 Å². The van der Waals surface area contributed by atoms with Crippen LogP contribution < -0.4 is 0 Å². The second-order valence-electron chi connectivity index (χ2n) is 6.18. The molecule has 0 radical (unpaired) electrons. The van der Waals surface area contributed by atoms with Gasteiger partial charge < -0.3 is 0 Å². The standard InChI is InChI=1S/C12H26S/c1-9(8-11(3,4)5)10(2)12(6,7)13/h9-10,13H,8H2,1-7H3. The molecule has 2 unspecified atom stereocenters. The van der Waals surface area contributed by atoms with Crippen LogP contribution in [0.25, 0.3) is 0 Å². The third-order valence-electron chi connectivity index (χ3n) is 2.90. The molecule has 0 aliphatic heterocycles. The maximum atomic E-state index is 4.64.